The number of piperazine rings is 1. The summed E-state index contributed by atoms with van der Waals surface area (Å²) < 4.78 is 16.1. The molecule has 0 radical (unpaired) electrons. The average Bonchev–Trinajstić information content (AvgIpc) is 3.39. The van der Waals surface area contributed by atoms with Gasteiger partial charge >= 0.3 is 0 Å². The van der Waals surface area contributed by atoms with Crippen molar-refractivity contribution in [3.63, 3.8) is 0 Å². The van der Waals surface area contributed by atoms with E-state index in [1.807, 2.05) is 18.2 Å². The molecular weight excluding hydrogens is 379 g/mol. The molecule has 1 saturated heterocycles. The highest BCUT2D eigenvalue weighted by Gasteiger charge is 2.27. The van der Waals surface area contributed by atoms with Crippen LogP contribution < -0.4 is 0 Å². The molecule has 2 aliphatic rings. The number of halogens is 1. The van der Waals surface area contributed by atoms with Crippen molar-refractivity contribution >= 4 is 5.91 Å². The van der Waals surface area contributed by atoms with Crippen LogP contribution in [0.5, 0.6) is 0 Å². The first-order chi connectivity index (χ1) is 14.7. The third kappa shape index (κ3) is 3.52. The maximum atomic E-state index is 14.0. The number of hydrogen-bond acceptors (Lipinski definition) is 3. The lowest BCUT2D eigenvalue weighted by atomic mass is 10.1. The van der Waals surface area contributed by atoms with Gasteiger partial charge in [0.1, 0.15) is 5.82 Å². The van der Waals surface area contributed by atoms with Crippen molar-refractivity contribution in [2.24, 2.45) is 0 Å². The van der Waals surface area contributed by atoms with E-state index in [2.05, 4.69) is 21.7 Å². The van der Waals surface area contributed by atoms with Crippen LogP contribution in [0, 0.1) is 5.82 Å². The molecule has 5 rings (SSSR count). The second-order valence-electron chi connectivity index (χ2n) is 8.02. The Bertz CT molecular complexity index is 1050. The summed E-state index contributed by atoms with van der Waals surface area (Å²) in [6.45, 7) is 3.55. The van der Waals surface area contributed by atoms with Gasteiger partial charge in [-0.25, -0.2) is 9.07 Å². The third-order valence-electron chi connectivity index (χ3n) is 6.15. The molecule has 154 valence electrons. The van der Waals surface area contributed by atoms with Crippen molar-refractivity contribution in [2.75, 3.05) is 26.2 Å². The second kappa shape index (κ2) is 8.03. The maximum absolute atomic E-state index is 14.0. The fourth-order valence-electron chi connectivity index (χ4n) is 4.55. The minimum absolute atomic E-state index is 0.158. The first kappa shape index (κ1) is 19.0. The van der Waals surface area contributed by atoms with E-state index in [-0.39, 0.29) is 11.5 Å². The predicted molar refractivity (Wildman–Crippen MR) is 113 cm³/mol. The van der Waals surface area contributed by atoms with Crippen LogP contribution in [-0.2, 0) is 19.4 Å². The van der Waals surface area contributed by atoms with Gasteiger partial charge in [-0.3, -0.25) is 9.69 Å². The largest absolute Gasteiger partial charge is 0.336 e. The van der Waals surface area contributed by atoms with Crippen LogP contribution in [-0.4, -0.2) is 51.7 Å². The average molecular weight is 404 g/mol. The number of rotatable bonds is 4. The molecule has 6 heteroatoms. The Labute approximate surface area is 175 Å². The topological polar surface area (TPSA) is 41.4 Å². The van der Waals surface area contributed by atoms with Gasteiger partial charge in [0.05, 0.1) is 16.9 Å². The summed E-state index contributed by atoms with van der Waals surface area (Å²) in [7, 11) is 0. The molecule has 0 spiro atoms. The van der Waals surface area contributed by atoms with E-state index in [0.29, 0.717) is 13.1 Å². The first-order valence-electron chi connectivity index (χ1n) is 10.6. The zero-order valence-electron chi connectivity index (χ0n) is 16.9. The van der Waals surface area contributed by atoms with Crippen LogP contribution in [0.2, 0.25) is 0 Å². The molecule has 0 saturated carbocycles. The molecule has 1 amide bonds. The molecule has 5 nitrogen and oxygen atoms in total. The molecule has 0 unspecified atom stereocenters. The van der Waals surface area contributed by atoms with Gasteiger partial charge < -0.3 is 4.90 Å². The lowest BCUT2D eigenvalue weighted by Crippen LogP contribution is -2.48. The van der Waals surface area contributed by atoms with Gasteiger partial charge in [-0.15, -0.1) is 0 Å². The van der Waals surface area contributed by atoms with Gasteiger partial charge in [0.25, 0.3) is 5.91 Å². The van der Waals surface area contributed by atoms with Crippen molar-refractivity contribution in [3.8, 4) is 5.69 Å². The number of nitrogens with zero attached hydrogens (tertiary/aromatic N) is 4. The molecule has 1 aliphatic carbocycles. The zero-order chi connectivity index (χ0) is 20.5. The Kier molecular flexibility index (Phi) is 5.09. The Balaban J connectivity index is 1.27. The van der Waals surface area contributed by atoms with Gasteiger partial charge in [-0.05, 0) is 49.1 Å². The monoisotopic (exact) mass is 404 g/mol. The minimum Gasteiger partial charge on any atom is -0.336 e. The van der Waals surface area contributed by atoms with Gasteiger partial charge in [-0.2, -0.15) is 5.10 Å². The van der Waals surface area contributed by atoms with E-state index in [9.17, 15) is 9.18 Å². The second-order valence-corrected chi connectivity index (χ2v) is 8.02. The fourth-order valence-corrected chi connectivity index (χ4v) is 4.55. The van der Waals surface area contributed by atoms with Crippen LogP contribution in [0.3, 0.4) is 0 Å². The normalized spacial score (nSPS) is 16.6. The molecule has 2 aromatic carbocycles. The van der Waals surface area contributed by atoms with Gasteiger partial charge in [0.15, 0.2) is 0 Å². The summed E-state index contributed by atoms with van der Waals surface area (Å²) in [4.78, 5) is 16.8. The Morgan fingerprint density at radius 2 is 1.67 bits per heavy atom. The standard InChI is InChI=1S/C24H25FN4O/c25-21-11-5-4-9-19(21)24(30)28-15-13-27(14-16-28)17-22-20-10-6-12-23(20)29(26-22)18-7-2-1-3-8-18/h1-5,7-9,11H,6,10,12-17H2. The van der Waals surface area contributed by atoms with E-state index < -0.39 is 5.82 Å². The van der Waals surface area contributed by atoms with Crippen LogP contribution >= 0.6 is 0 Å². The molecule has 2 heterocycles. The number of carbonyl (C=O) groups is 1. The number of hydrogen-bond donors (Lipinski definition) is 0. The summed E-state index contributed by atoms with van der Waals surface area (Å²) in [6.07, 6.45) is 3.34. The van der Waals surface area contributed by atoms with Gasteiger partial charge in [0, 0.05) is 38.4 Å². The van der Waals surface area contributed by atoms with Crippen molar-refractivity contribution in [2.45, 2.75) is 25.8 Å². The van der Waals surface area contributed by atoms with Crippen LogP contribution in [0.4, 0.5) is 4.39 Å². The third-order valence-corrected chi connectivity index (χ3v) is 6.15. The highest BCUT2D eigenvalue weighted by Crippen LogP contribution is 2.28. The van der Waals surface area contributed by atoms with E-state index in [4.69, 9.17) is 5.10 Å². The summed E-state index contributed by atoms with van der Waals surface area (Å²) >= 11 is 0. The fraction of sp³-hybridized carbons (Fsp3) is 0.333. The Morgan fingerprint density at radius 3 is 2.43 bits per heavy atom. The van der Waals surface area contributed by atoms with Crippen molar-refractivity contribution in [3.05, 3.63) is 82.9 Å². The Morgan fingerprint density at radius 1 is 0.933 bits per heavy atom. The van der Waals surface area contributed by atoms with Crippen LogP contribution in [0.1, 0.15) is 33.7 Å². The van der Waals surface area contributed by atoms with Crippen molar-refractivity contribution in [1.82, 2.24) is 19.6 Å². The smallest absolute Gasteiger partial charge is 0.256 e. The summed E-state index contributed by atoms with van der Waals surface area (Å²) in [5.74, 6) is -0.672. The van der Waals surface area contributed by atoms with Crippen LogP contribution in [0.25, 0.3) is 5.69 Å². The molecule has 30 heavy (non-hydrogen) atoms. The van der Waals surface area contributed by atoms with E-state index in [1.54, 1.807) is 23.1 Å². The quantitative estimate of drug-likeness (QED) is 0.669. The summed E-state index contributed by atoms with van der Waals surface area (Å²) in [6, 6.07) is 16.5. The number of para-hydroxylation sites is 1. The highest BCUT2D eigenvalue weighted by molar-refractivity contribution is 5.94. The van der Waals surface area contributed by atoms with E-state index in [0.717, 1.165) is 43.9 Å². The summed E-state index contributed by atoms with van der Waals surface area (Å²) in [5, 5.41) is 4.95. The van der Waals surface area contributed by atoms with Crippen LogP contribution in [0.15, 0.2) is 54.6 Å². The van der Waals surface area contributed by atoms with Gasteiger partial charge in [-0.1, -0.05) is 30.3 Å². The Hall–Kier alpha value is -2.99. The number of carbonyl (C=O) groups excluding carboxylic acids is 1. The lowest BCUT2D eigenvalue weighted by Gasteiger charge is -2.34. The molecule has 0 N–H and O–H groups in total. The number of fused-ring (bicyclic) bond motifs is 1. The van der Waals surface area contributed by atoms with Crippen molar-refractivity contribution < 1.29 is 9.18 Å². The molecule has 1 aliphatic heterocycles. The summed E-state index contributed by atoms with van der Waals surface area (Å²) in [5.41, 5.74) is 5.15. The molecule has 1 fully saturated rings. The SMILES string of the molecule is O=C(c1ccccc1F)N1CCN(Cc2nn(-c3ccccc3)c3c2CCC3)CC1. The first-order valence-corrected chi connectivity index (χ1v) is 10.6. The molecule has 0 atom stereocenters. The van der Waals surface area contributed by atoms with Crippen molar-refractivity contribution in [1.29, 1.82) is 0 Å². The lowest BCUT2D eigenvalue weighted by molar-refractivity contribution is 0.0622. The number of aromatic nitrogens is 2. The molecule has 1 aromatic heterocycles. The van der Waals surface area contributed by atoms with E-state index >= 15 is 0 Å². The maximum Gasteiger partial charge on any atom is 0.256 e. The molecule has 3 aromatic rings. The van der Waals surface area contributed by atoms with E-state index in [1.165, 1.54) is 23.7 Å². The van der Waals surface area contributed by atoms with Gasteiger partial charge in [0.2, 0.25) is 0 Å². The molecule has 0 bridgehead atoms. The number of amides is 1. The predicted octanol–water partition coefficient (Wildman–Crippen LogP) is 3.46. The minimum atomic E-state index is -0.452. The molecular formula is C24H25FN4O. The highest BCUT2D eigenvalue weighted by atomic mass is 19.1. The zero-order valence-corrected chi connectivity index (χ0v) is 16.9. The number of benzene rings is 2.